The first kappa shape index (κ1) is 22.8. The Labute approximate surface area is 182 Å². The SMILES string of the molecule is CCC(C)(C)[C@@H]1CCc2c(sc(NC(=O)[C@H]3CCCC[C@H]3C(=O)O)c2C(=O)OC)C1. The number of hydrogen-bond donors (Lipinski definition) is 2. The molecule has 2 aliphatic rings. The van der Waals surface area contributed by atoms with Crippen LogP contribution in [0, 0.1) is 23.2 Å². The zero-order chi connectivity index (χ0) is 22.1. The Kier molecular flexibility index (Phi) is 6.90. The van der Waals surface area contributed by atoms with Crippen LogP contribution < -0.4 is 5.32 Å². The monoisotopic (exact) mass is 435 g/mol. The molecule has 0 aliphatic heterocycles. The lowest BCUT2D eigenvalue weighted by Gasteiger charge is -2.36. The van der Waals surface area contributed by atoms with Gasteiger partial charge in [0.25, 0.3) is 0 Å². The van der Waals surface area contributed by atoms with E-state index < -0.39 is 23.8 Å². The van der Waals surface area contributed by atoms with E-state index in [0.29, 0.717) is 29.3 Å². The Morgan fingerprint density at radius 1 is 1.17 bits per heavy atom. The molecule has 1 aromatic rings. The second kappa shape index (κ2) is 9.08. The third-order valence-electron chi connectivity index (χ3n) is 7.33. The number of carbonyl (C=O) groups is 3. The van der Waals surface area contributed by atoms with Crippen molar-refractivity contribution in [3.05, 3.63) is 16.0 Å². The summed E-state index contributed by atoms with van der Waals surface area (Å²) in [7, 11) is 1.35. The van der Waals surface area contributed by atoms with E-state index >= 15 is 0 Å². The van der Waals surface area contributed by atoms with Crippen LogP contribution in [0.5, 0.6) is 0 Å². The maximum Gasteiger partial charge on any atom is 0.341 e. The first-order valence-corrected chi connectivity index (χ1v) is 11.8. The van der Waals surface area contributed by atoms with Gasteiger partial charge in [-0.25, -0.2) is 4.79 Å². The summed E-state index contributed by atoms with van der Waals surface area (Å²) in [6.07, 6.45) is 6.54. The fourth-order valence-electron chi connectivity index (χ4n) is 4.89. The summed E-state index contributed by atoms with van der Waals surface area (Å²) < 4.78 is 5.03. The number of aliphatic carboxylic acids is 1. The van der Waals surface area contributed by atoms with Gasteiger partial charge in [0.15, 0.2) is 0 Å². The van der Waals surface area contributed by atoms with Crippen LogP contribution in [-0.4, -0.2) is 30.1 Å². The van der Waals surface area contributed by atoms with Crippen molar-refractivity contribution < 1.29 is 24.2 Å². The first-order valence-electron chi connectivity index (χ1n) is 11.0. The van der Waals surface area contributed by atoms with Gasteiger partial charge in [0, 0.05) is 4.88 Å². The third kappa shape index (κ3) is 4.41. The van der Waals surface area contributed by atoms with Crippen molar-refractivity contribution in [1.29, 1.82) is 0 Å². The van der Waals surface area contributed by atoms with E-state index in [4.69, 9.17) is 4.74 Å². The van der Waals surface area contributed by atoms with Gasteiger partial charge in [-0.3, -0.25) is 9.59 Å². The molecule has 2 N–H and O–H groups in total. The van der Waals surface area contributed by atoms with E-state index in [0.717, 1.165) is 49.0 Å². The van der Waals surface area contributed by atoms with E-state index in [1.807, 2.05) is 0 Å². The number of hydrogen-bond acceptors (Lipinski definition) is 5. The van der Waals surface area contributed by atoms with Crippen molar-refractivity contribution in [2.75, 3.05) is 12.4 Å². The predicted molar refractivity (Wildman–Crippen MR) is 117 cm³/mol. The minimum absolute atomic E-state index is 0.216. The number of methoxy groups -OCH3 is 1. The maximum absolute atomic E-state index is 13.0. The molecule has 1 amide bonds. The largest absolute Gasteiger partial charge is 0.481 e. The molecule has 3 rings (SSSR count). The summed E-state index contributed by atoms with van der Waals surface area (Å²) in [6, 6.07) is 0. The van der Waals surface area contributed by atoms with E-state index in [-0.39, 0.29) is 11.3 Å². The van der Waals surface area contributed by atoms with Gasteiger partial charge in [-0.15, -0.1) is 11.3 Å². The number of carboxylic acid groups (broad SMARTS) is 1. The molecule has 1 aromatic heterocycles. The van der Waals surface area contributed by atoms with Gasteiger partial charge in [-0.1, -0.05) is 40.0 Å². The van der Waals surface area contributed by atoms with E-state index in [1.165, 1.54) is 18.4 Å². The fraction of sp³-hybridized carbons (Fsp3) is 0.696. The number of carboxylic acids is 1. The van der Waals surface area contributed by atoms with Gasteiger partial charge >= 0.3 is 11.9 Å². The number of anilines is 1. The quantitative estimate of drug-likeness (QED) is 0.620. The highest BCUT2D eigenvalue weighted by Crippen LogP contribution is 2.46. The standard InChI is InChI=1S/C23H33NO5S/c1-5-23(2,3)13-10-11-16-17(12-13)30-20(18(16)22(28)29-4)24-19(25)14-8-6-7-9-15(14)21(26)27/h13-15H,5-12H2,1-4H3,(H,24,25)(H,26,27)/t13-,14+,15-/m1/s1. The number of amides is 1. The van der Waals surface area contributed by atoms with Crippen LogP contribution in [0.15, 0.2) is 0 Å². The van der Waals surface area contributed by atoms with Gasteiger partial charge in [0.1, 0.15) is 5.00 Å². The Morgan fingerprint density at radius 3 is 2.43 bits per heavy atom. The number of carbonyl (C=O) groups excluding carboxylic acids is 2. The highest BCUT2D eigenvalue weighted by Gasteiger charge is 2.38. The minimum Gasteiger partial charge on any atom is -0.481 e. The maximum atomic E-state index is 13.0. The van der Waals surface area contributed by atoms with Crippen LogP contribution >= 0.6 is 11.3 Å². The molecular formula is C23H33NO5S. The molecule has 0 aromatic carbocycles. The lowest BCUT2D eigenvalue weighted by atomic mass is 9.69. The number of thiophene rings is 1. The molecule has 0 unspecified atom stereocenters. The third-order valence-corrected chi connectivity index (χ3v) is 8.50. The Bertz CT molecular complexity index is 828. The molecule has 0 saturated heterocycles. The second-order valence-corrected chi connectivity index (χ2v) is 10.4. The molecule has 0 radical (unpaired) electrons. The molecule has 1 fully saturated rings. The van der Waals surface area contributed by atoms with Crippen LogP contribution in [0.4, 0.5) is 5.00 Å². The van der Waals surface area contributed by atoms with Gasteiger partial charge in [-0.2, -0.15) is 0 Å². The second-order valence-electron chi connectivity index (χ2n) is 9.31. The van der Waals surface area contributed by atoms with Crippen molar-refractivity contribution in [2.24, 2.45) is 23.2 Å². The molecule has 6 nitrogen and oxygen atoms in total. The number of ether oxygens (including phenoxy) is 1. The van der Waals surface area contributed by atoms with Crippen LogP contribution in [-0.2, 0) is 27.2 Å². The van der Waals surface area contributed by atoms with Crippen LogP contribution in [0.2, 0.25) is 0 Å². The van der Waals surface area contributed by atoms with Crippen molar-refractivity contribution in [3.63, 3.8) is 0 Å². The first-order chi connectivity index (χ1) is 14.2. The zero-order valence-electron chi connectivity index (χ0n) is 18.4. The summed E-state index contributed by atoms with van der Waals surface area (Å²) in [4.78, 5) is 38.3. The average Bonchev–Trinajstić information content (AvgIpc) is 3.09. The molecule has 0 spiro atoms. The lowest BCUT2D eigenvalue weighted by molar-refractivity contribution is -0.147. The number of nitrogens with one attached hydrogen (secondary N) is 1. The Balaban J connectivity index is 1.89. The molecule has 0 bridgehead atoms. The summed E-state index contributed by atoms with van der Waals surface area (Å²) in [5.41, 5.74) is 1.66. The number of rotatable bonds is 6. The van der Waals surface area contributed by atoms with Gasteiger partial charge in [0.2, 0.25) is 5.91 Å². The number of esters is 1. The Hall–Kier alpha value is -1.89. The van der Waals surface area contributed by atoms with Crippen LogP contribution in [0.25, 0.3) is 0 Å². The van der Waals surface area contributed by atoms with Crippen molar-refractivity contribution in [3.8, 4) is 0 Å². The molecule has 1 saturated carbocycles. The van der Waals surface area contributed by atoms with Crippen molar-refractivity contribution in [1.82, 2.24) is 0 Å². The molecule has 30 heavy (non-hydrogen) atoms. The number of fused-ring (bicyclic) bond motifs is 1. The predicted octanol–water partition coefficient (Wildman–Crippen LogP) is 4.91. The summed E-state index contributed by atoms with van der Waals surface area (Å²) in [5.74, 6) is -2.35. The van der Waals surface area contributed by atoms with E-state index in [9.17, 15) is 19.5 Å². The van der Waals surface area contributed by atoms with Crippen LogP contribution in [0.3, 0.4) is 0 Å². The molecular weight excluding hydrogens is 402 g/mol. The lowest BCUT2D eigenvalue weighted by Crippen LogP contribution is -2.36. The van der Waals surface area contributed by atoms with Gasteiger partial charge in [0.05, 0.1) is 24.5 Å². The molecule has 1 heterocycles. The van der Waals surface area contributed by atoms with Crippen LogP contribution in [0.1, 0.15) is 80.1 Å². The minimum atomic E-state index is -0.918. The summed E-state index contributed by atoms with van der Waals surface area (Å²) >= 11 is 1.46. The van der Waals surface area contributed by atoms with E-state index in [1.54, 1.807) is 0 Å². The van der Waals surface area contributed by atoms with Gasteiger partial charge < -0.3 is 15.2 Å². The smallest absolute Gasteiger partial charge is 0.341 e. The zero-order valence-corrected chi connectivity index (χ0v) is 19.2. The van der Waals surface area contributed by atoms with Gasteiger partial charge in [-0.05, 0) is 49.0 Å². The highest BCUT2D eigenvalue weighted by atomic mass is 32.1. The molecule has 2 aliphatic carbocycles. The summed E-state index contributed by atoms with van der Waals surface area (Å²) in [5, 5.41) is 13.0. The molecule has 3 atom stereocenters. The normalized spacial score (nSPS) is 24.1. The summed E-state index contributed by atoms with van der Waals surface area (Å²) in [6.45, 7) is 6.78. The average molecular weight is 436 g/mol. The topological polar surface area (TPSA) is 92.7 Å². The molecule has 166 valence electrons. The Morgan fingerprint density at radius 2 is 1.83 bits per heavy atom. The molecule has 7 heteroatoms. The fourth-order valence-corrected chi connectivity index (χ4v) is 6.21. The van der Waals surface area contributed by atoms with Crippen molar-refractivity contribution in [2.45, 2.75) is 72.1 Å². The van der Waals surface area contributed by atoms with Crippen molar-refractivity contribution >= 4 is 34.2 Å². The highest BCUT2D eigenvalue weighted by molar-refractivity contribution is 7.17. The van der Waals surface area contributed by atoms with E-state index in [2.05, 4.69) is 26.1 Å².